The van der Waals surface area contributed by atoms with E-state index in [4.69, 9.17) is 0 Å². The fourth-order valence-electron chi connectivity index (χ4n) is 2.26. The second kappa shape index (κ2) is 7.21. The van der Waals surface area contributed by atoms with E-state index < -0.39 is 10.2 Å². The van der Waals surface area contributed by atoms with Gasteiger partial charge in [0.2, 0.25) is 0 Å². The molecule has 0 saturated carbocycles. The van der Waals surface area contributed by atoms with Gasteiger partial charge >= 0.3 is 5.97 Å². The van der Waals surface area contributed by atoms with Gasteiger partial charge < -0.3 is 4.74 Å². The molecule has 0 aromatic heterocycles. The Morgan fingerprint density at radius 1 is 1.42 bits per heavy atom. The lowest BCUT2D eigenvalue weighted by molar-refractivity contribution is -0.140. The maximum Gasteiger partial charge on any atom is 0.305 e. The van der Waals surface area contributed by atoms with Gasteiger partial charge in [0.15, 0.2) is 0 Å². The molecule has 0 amide bonds. The van der Waals surface area contributed by atoms with Crippen LogP contribution in [0.1, 0.15) is 39.0 Å². The molecule has 6 nitrogen and oxygen atoms in total. The zero-order chi connectivity index (χ0) is 14.5. The number of carbonyl (C=O) groups is 1. The molecule has 0 radical (unpaired) electrons. The van der Waals surface area contributed by atoms with Crippen molar-refractivity contribution in [1.29, 1.82) is 0 Å². The van der Waals surface area contributed by atoms with E-state index in [1.807, 2.05) is 6.92 Å². The summed E-state index contributed by atoms with van der Waals surface area (Å²) in [6.07, 6.45) is 3.63. The van der Waals surface area contributed by atoms with Gasteiger partial charge in [0.25, 0.3) is 10.2 Å². The maximum absolute atomic E-state index is 12.4. The first-order valence-corrected chi connectivity index (χ1v) is 8.09. The summed E-state index contributed by atoms with van der Waals surface area (Å²) in [7, 11) is -0.506. The normalized spacial score (nSPS) is 21.6. The number of rotatable bonds is 6. The predicted molar refractivity (Wildman–Crippen MR) is 72.8 cm³/mol. The van der Waals surface area contributed by atoms with Crippen LogP contribution in [0.25, 0.3) is 0 Å². The van der Waals surface area contributed by atoms with E-state index in [0.717, 1.165) is 19.3 Å². The molecule has 1 aliphatic rings. The second-order valence-corrected chi connectivity index (χ2v) is 6.95. The smallest absolute Gasteiger partial charge is 0.305 e. The van der Waals surface area contributed by atoms with Crippen molar-refractivity contribution in [3.05, 3.63) is 0 Å². The quantitative estimate of drug-likeness (QED) is 0.685. The zero-order valence-corrected chi connectivity index (χ0v) is 12.8. The molecule has 0 aromatic rings. The molecule has 1 atom stereocenters. The minimum absolute atomic E-state index is 0.0572. The third-order valence-electron chi connectivity index (χ3n) is 3.51. The number of ether oxygens (including phenoxy) is 1. The van der Waals surface area contributed by atoms with Crippen molar-refractivity contribution in [2.24, 2.45) is 0 Å². The molecule has 19 heavy (non-hydrogen) atoms. The van der Waals surface area contributed by atoms with Gasteiger partial charge in [-0.25, -0.2) is 0 Å². The van der Waals surface area contributed by atoms with Crippen LogP contribution in [0.4, 0.5) is 0 Å². The zero-order valence-electron chi connectivity index (χ0n) is 12.0. The fraction of sp³-hybridized carbons (Fsp3) is 0.917. The van der Waals surface area contributed by atoms with Crippen LogP contribution in [0.2, 0.25) is 0 Å². The average molecular weight is 292 g/mol. The molecule has 0 bridgehead atoms. The molecule has 1 fully saturated rings. The first kappa shape index (κ1) is 16.4. The summed E-state index contributed by atoms with van der Waals surface area (Å²) in [4.78, 5) is 11.0. The highest BCUT2D eigenvalue weighted by atomic mass is 32.2. The van der Waals surface area contributed by atoms with Crippen LogP contribution >= 0.6 is 0 Å². The summed E-state index contributed by atoms with van der Waals surface area (Å²) in [6.45, 7) is 2.87. The molecule has 112 valence electrons. The molecule has 7 heteroatoms. The lowest BCUT2D eigenvalue weighted by Crippen LogP contribution is -2.48. The number of esters is 1. The van der Waals surface area contributed by atoms with E-state index in [-0.39, 0.29) is 18.4 Å². The highest BCUT2D eigenvalue weighted by Crippen LogP contribution is 2.21. The Bertz CT molecular complexity index is 397. The van der Waals surface area contributed by atoms with E-state index in [1.54, 1.807) is 11.4 Å². The van der Waals surface area contributed by atoms with Crippen LogP contribution in [0.15, 0.2) is 0 Å². The Morgan fingerprint density at radius 2 is 2.11 bits per heavy atom. The minimum atomic E-state index is -3.40. The van der Waals surface area contributed by atoms with Crippen LogP contribution in [0.3, 0.4) is 0 Å². The predicted octanol–water partition coefficient (Wildman–Crippen LogP) is 0.991. The summed E-state index contributed by atoms with van der Waals surface area (Å²) in [6, 6.07) is 0.0572. The molecule has 1 heterocycles. The lowest BCUT2D eigenvalue weighted by atomic mass is 10.1. The largest absolute Gasteiger partial charge is 0.469 e. The van der Waals surface area contributed by atoms with Gasteiger partial charge in [0.05, 0.1) is 7.11 Å². The maximum atomic E-state index is 12.4. The van der Waals surface area contributed by atoms with Crippen molar-refractivity contribution in [1.82, 2.24) is 8.61 Å². The molecule has 0 N–H and O–H groups in total. The van der Waals surface area contributed by atoms with Crippen LogP contribution in [-0.2, 0) is 19.7 Å². The van der Waals surface area contributed by atoms with E-state index in [0.29, 0.717) is 19.5 Å². The molecule has 1 rings (SSSR count). The van der Waals surface area contributed by atoms with Crippen molar-refractivity contribution in [2.45, 2.75) is 45.1 Å². The van der Waals surface area contributed by atoms with Crippen LogP contribution < -0.4 is 0 Å². The van der Waals surface area contributed by atoms with Gasteiger partial charge in [-0.1, -0.05) is 6.42 Å². The number of methoxy groups -OCH3 is 1. The van der Waals surface area contributed by atoms with Gasteiger partial charge in [-0.15, -0.1) is 0 Å². The Hall–Kier alpha value is -0.660. The summed E-state index contributed by atoms with van der Waals surface area (Å²) in [5.41, 5.74) is 0. The fourth-order valence-corrected chi connectivity index (χ4v) is 3.89. The Morgan fingerprint density at radius 3 is 2.68 bits per heavy atom. The highest BCUT2D eigenvalue weighted by Gasteiger charge is 2.32. The Labute approximate surface area is 115 Å². The average Bonchev–Trinajstić information content (AvgIpc) is 2.38. The van der Waals surface area contributed by atoms with Crippen molar-refractivity contribution >= 4 is 16.2 Å². The number of nitrogens with zero attached hydrogens (tertiary/aromatic N) is 2. The summed E-state index contributed by atoms with van der Waals surface area (Å²) >= 11 is 0. The first-order chi connectivity index (χ1) is 8.89. The molecule has 0 spiro atoms. The Kier molecular flexibility index (Phi) is 6.22. The summed E-state index contributed by atoms with van der Waals surface area (Å²) < 4.78 is 32.2. The molecular formula is C12H24N2O4S. The van der Waals surface area contributed by atoms with Crippen molar-refractivity contribution < 1.29 is 17.9 Å². The molecule has 0 aliphatic carbocycles. The first-order valence-electron chi connectivity index (χ1n) is 6.69. The molecule has 0 aromatic carbocycles. The van der Waals surface area contributed by atoms with Crippen LogP contribution in [-0.4, -0.2) is 56.3 Å². The third-order valence-corrected chi connectivity index (χ3v) is 5.62. The SMILES string of the molecule is COC(=O)CCCN(C)S(=O)(=O)N1CCCCC1C. The van der Waals surface area contributed by atoms with Gasteiger partial charge in [-0.3, -0.25) is 4.79 Å². The monoisotopic (exact) mass is 292 g/mol. The number of carbonyl (C=O) groups excluding carboxylic acids is 1. The third kappa shape index (κ3) is 4.43. The number of hydrogen-bond acceptors (Lipinski definition) is 4. The topological polar surface area (TPSA) is 66.9 Å². The van der Waals surface area contributed by atoms with E-state index in [1.165, 1.54) is 11.4 Å². The lowest BCUT2D eigenvalue weighted by Gasteiger charge is -2.35. The minimum Gasteiger partial charge on any atom is -0.469 e. The number of piperidine rings is 1. The molecule has 1 unspecified atom stereocenters. The van der Waals surface area contributed by atoms with Gasteiger partial charge in [-0.2, -0.15) is 17.0 Å². The van der Waals surface area contributed by atoms with Gasteiger partial charge in [0, 0.05) is 32.6 Å². The highest BCUT2D eigenvalue weighted by molar-refractivity contribution is 7.86. The van der Waals surface area contributed by atoms with E-state index in [2.05, 4.69) is 4.74 Å². The molecule has 1 saturated heterocycles. The van der Waals surface area contributed by atoms with E-state index >= 15 is 0 Å². The van der Waals surface area contributed by atoms with Crippen LogP contribution in [0.5, 0.6) is 0 Å². The summed E-state index contributed by atoms with van der Waals surface area (Å²) in [5.74, 6) is -0.308. The van der Waals surface area contributed by atoms with Gasteiger partial charge in [0.1, 0.15) is 0 Å². The molecular weight excluding hydrogens is 268 g/mol. The van der Waals surface area contributed by atoms with Crippen molar-refractivity contribution in [2.75, 3.05) is 27.2 Å². The van der Waals surface area contributed by atoms with E-state index in [9.17, 15) is 13.2 Å². The second-order valence-electron chi connectivity index (χ2n) is 4.96. The van der Waals surface area contributed by atoms with Crippen molar-refractivity contribution in [3.63, 3.8) is 0 Å². The summed E-state index contributed by atoms with van der Waals surface area (Å²) in [5, 5.41) is 0. The Balaban J connectivity index is 2.53. The standard InChI is InChI=1S/C12H24N2O4S/c1-11-7-4-5-10-14(11)19(16,17)13(2)9-6-8-12(15)18-3/h11H,4-10H2,1-3H3. The number of hydrogen-bond donors (Lipinski definition) is 0. The van der Waals surface area contributed by atoms with Gasteiger partial charge in [-0.05, 0) is 26.2 Å². The van der Waals surface area contributed by atoms with Crippen molar-refractivity contribution in [3.8, 4) is 0 Å². The molecule has 1 aliphatic heterocycles. The van der Waals surface area contributed by atoms with Crippen LogP contribution in [0, 0.1) is 0 Å².